The number of nitrogens with one attached hydrogen (secondary N) is 1. The molecule has 0 aliphatic heterocycles. The number of hydrogen-bond acceptors (Lipinski definition) is 5. The topological polar surface area (TPSA) is 84.9 Å². The van der Waals surface area contributed by atoms with E-state index in [2.05, 4.69) is 5.32 Å². The van der Waals surface area contributed by atoms with Gasteiger partial charge in [-0.3, -0.25) is 14.4 Å². The van der Waals surface area contributed by atoms with Gasteiger partial charge in [0.25, 0.3) is 11.8 Å². The van der Waals surface area contributed by atoms with Crippen molar-refractivity contribution in [2.45, 2.75) is 20.4 Å². The number of amides is 2. The van der Waals surface area contributed by atoms with Gasteiger partial charge in [-0.05, 0) is 31.5 Å². The van der Waals surface area contributed by atoms with Gasteiger partial charge in [-0.15, -0.1) is 0 Å². The summed E-state index contributed by atoms with van der Waals surface area (Å²) in [6.45, 7) is 4.34. The molecule has 0 saturated carbocycles. The molecule has 7 nitrogen and oxygen atoms in total. The summed E-state index contributed by atoms with van der Waals surface area (Å²) in [5, 5.41) is 2.49. The normalized spacial score (nSPS) is 10.1. The van der Waals surface area contributed by atoms with Gasteiger partial charge in [0.2, 0.25) is 0 Å². The van der Waals surface area contributed by atoms with E-state index in [-0.39, 0.29) is 19.1 Å². The fraction of sp³-hybridized carbons (Fsp3) is 0.318. The monoisotopic (exact) mass is 398 g/mol. The minimum atomic E-state index is -0.684. The number of para-hydroxylation sites is 1. The van der Waals surface area contributed by atoms with Crippen molar-refractivity contribution in [3.05, 3.63) is 65.7 Å². The lowest BCUT2D eigenvalue weighted by molar-refractivity contribution is -0.151. The van der Waals surface area contributed by atoms with Gasteiger partial charge in [0.15, 0.2) is 6.61 Å². The third kappa shape index (κ3) is 6.95. The number of nitrogens with zero attached hydrogens (tertiary/aromatic N) is 1. The first kappa shape index (κ1) is 21.9. The van der Waals surface area contributed by atoms with Crippen molar-refractivity contribution in [2.75, 3.05) is 26.3 Å². The van der Waals surface area contributed by atoms with E-state index in [1.807, 2.05) is 44.2 Å². The standard InChI is InChI=1S/C22H26N2O5/c1-3-24(15-17-10-6-5-7-11-17)20(25)16-29-21(26)14-23-22(27)18-12-8-9-13-19(18)28-4-2/h5-13H,3-4,14-16H2,1-2H3,(H,23,27). The molecule has 154 valence electrons. The van der Waals surface area contributed by atoms with Crippen LogP contribution in [-0.2, 0) is 20.9 Å². The second kappa shape index (κ2) is 11.5. The lowest BCUT2D eigenvalue weighted by Crippen LogP contribution is -2.36. The van der Waals surface area contributed by atoms with E-state index in [1.54, 1.807) is 29.2 Å². The Morgan fingerprint density at radius 3 is 2.34 bits per heavy atom. The summed E-state index contributed by atoms with van der Waals surface area (Å²) in [4.78, 5) is 38.1. The molecule has 7 heteroatoms. The number of carbonyl (C=O) groups is 3. The highest BCUT2D eigenvalue weighted by Crippen LogP contribution is 2.17. The lowest BCUT2D eigenvalue weighted by atomic mass is 10.2. The van der Waals surface area contributed by atoms with E-state index in [4.69, 9.17) is 9.47 Å². The fourth-order valence-electron chi connectivity index (χ4n) is 2.65. The van der Waals surface area contributed by atoms with Crippen LogP contribution in [0.2, 0.25) is 0 Å². The zero-order valence-electron chi connectivity index (χ0n) is 16.7. The molecule has 0 radical (unpaired) electrons. The minimum Gasteiger partial charge on any atom is -0.493 e. The third-order valence-electron chi connectivity index (χ3n) is 4.13. The molecule has 0 atom stereocenters. The highest BCUT2D eigenvalue weighted by molar-refractivity contribution is 5.98. The van der Waals surface area contributed by atoms with E-state index >= 15 is 0 Å². The number of ether oxygens (including phenoxy) is 2. The highest BCUT2D eigenvalue weighted by Gasteiger charge is 2.16. The summed E-state index contributed by atoms with van der Waals surface area (Å²) in [6, 6.07) is 16.3. The molecule has 2 rings (SSSR count). The predicted octanol–water partition coefficient (Wildman–Crippen LogP) is 2.41. The Morgan fingerprint density at radius 1 is 0.966 bits per heavy atom. The van der Waals surface area contributed by atoms with Gasteiger partial charge in [0.05, 0.1) is 12.2 Å². The van der Waals surface area contributed by atoms with E-state index in [9.17, 15) is 14.4 Å². The van der Waals surface area contributed by atoms with E-state index in [1.165, 1.54) is 0 Å². The fourth-order valence-corrected chi connectivity index (χ4v) is 2.65. The second-order valence-corrected chi connectivity index (χ2v) is 6.17. The average Bonchev–Trinajstić information content (AvgIpc) is 2.75. The molecule has 0 aromatic heterocycles. The van der Waals surface area contributed by atoms with Crippen molar-refractivity contribution in [2.24, 2.45) is 0 Å². The van der Waals surface area contributed by atoms with Crippen molar-refractivity contribution in [3.63, 3.8) is 0 Å². The van der Waals surface area contributed by atoms with Gasteiger partial charge < -0.3 is 19.7 Å². The molecule has 1 N–H and O–H groups in total. The number of benzene rings is 2. The van der Waals surface area contributed by atoms with Gasteiger partial charge in [0, 0.05) is 13.1 Å². The largest absolute Gasteiger partial charge is 0.493 e. The van der Waals surface area contributed by atoms with Gasteiger partial charge in [-0.2, -0.15) is 0 Å². The Kier molecular flexibility index (Phi) is 8.69. The highest BCUT2D eigenvalue weighted by atomic mass is 16.5. The summed E-state index contributed by atoms with van der Waals surface area (Å²) >= 11 is 0. The van der Waals surface area contributed by atoms with Crippen LogP contribution in [0, 0.1) is 0 Å². The summed E-state index contributed by atoms with van der Waals surface area (Å²) in [5.41, 5.74) is 1.33. The molecule has 0 spiro atoms. The molecular weight excluding hydrogens is 372 g/mol. The van der Waals surface area contributed by atoms with E-state index in [0.29, 0.717) is 31.0 Å². The molecule has 0 saturated heterocycles. The number of esters is 1. The molecule has 0 heterocycles. The van der Waals surface area contributed by atoms with Crippen LogP contribution in [0.1, 0.15) is 29.8 Å². The predicted molar refractivity (Wildman–Crippen MR) is 108 cm³/mol. The van der Waals surface area contributed by atoms with E-state index in [0.717, 1.165) is 5.56 Å². The number of likely N-dealkylation sites (N-methyl/N-ethyl adjacent to an activating group) is 1. The summed E-state index contributed by atoms with van der Waals surface area (Å²) in [5.74, 6) is -0.985. The number of carbonyl (C=O) groups excluding carboxylic acids is 3. The van der Waals surface area contributed by atoms with Gasteiger partial charge >= 0.3 is 5.97 Å². The van der Waals surface area contributed by atoms with Gasteiger partial charge in [-0.25, -0.2) is 0 Å². The molecule has 2 aromatic rings. The SMILES string of the molecule is CCOc1ccccc1C(=O)NCC(=O)OCC(=O)N(CC)Cc1ccccc1. The van der Waals surface area contributed by atoms with Crippen molar-refractivity contribution in [3.8, 4) is 5.75 Å². The van der Waals surface area contributed by atoms with Crippen LogP contribution < -0.4 is 10.1 Å². The van der Waals surface area contributed by atoms with Crippen LogP contribution in [0.15, 0.2) is 54.6 Å². The minimum absolute atomic E-state index is 0.294. The second-order valence-electron chi connectivity index (χ2n) is 6.17. The van der Waals surface area contributed by atoms with E-state index < -0.39 is 11.9 Å². The Morgan fingerprint density at radius 2 is 1.66 bits per heavy atom. The average molecular weight is 398 g/mol. The summed E-state index contributed by atoms with van der Waals surface area (Å²) < 4.78 is 10.4. The van der Waals surface area contributed by atoms with Crippen LogP contribution in [0.4, 0.5) is 0 Å². The van der Waals surface area contributed by atoms with Gasteiger partial charge in [0.1, 0.15) is 12.3 Å². The van der Waals surface area contributed by atoms with Crippen molar-refractivity contribution in [1.29, 1.82) is 0 Å². The zero-order chi connectivity index (χ0) is 21.1. The molecule has 0 aliphatic carbocycles. The molecule has 0 unspecified atom stereocenters. The Bertz CT molecular complexity index is 823. The number of rotatable bonds is 10. The van der Waals surface area contributed by atoms with Crippen molar-refractivity contribution >= 4 is 17.8 Å². The summed E-state index contributed by atoms with van der Waals surface area (Å²) in [7, 11) is 0. The maximum absolute atomic E-state index is 12.3. The smallest absolute Gasteiger partial charge is 0.325 e. The molecule has 29 heavy (non-hydrogen) atoms. The van der Waals surface area contributed by atoms with Crippen molar-refractivity contribution in [1.82, 2.24) is 10.2 Å². The first-order valence-electron chi connectivity index (χ1n) is 9.52. The molecule has 2 aromatic carbocycles. The first-order chi connectivity index (χ1) is 14.0. The Balaban J connectivity index is 1.80. The van der Waals surface area contributed by atoms with Crippen LogP contribution >= 0.6 is 0 Å². The lowest BCUT2D eigenvalue weighted by Gasteiger charge is -2.20. The molecule has 0 bridgehead atoms. The maximum Gasteiger partial charge on any atom is 0.325 e. The Labute approximate surface area is 170 Å². The number of hydrogen-bond donors (Lipinski definition) is 1. The van der Waals surface area contributed by atoms with Crippen molar-refractivity contribution < 1.29 is 23.9 Å². The first-order valence-corrected chi connectivity index (χ1v) is 9.52. The molecule has 2 amide bonds. The molecule has 0 fully saturated rings. The van der Waals surface area contributed by atoms with Gasteiger partial charge in [-0.1, -0.05) is 42.5 Å². The molecular formula is C22H26N2O5. The maximum atomic E-state index is 12.3. The van der Waals surface area contributed by atoms with Crippen LogP contribution in [0.3, 0.4) is 0 Å². The Hall–Kier alpha value is -3.35. The zero-order valence-corrected chi connectivity index (χ0v) is 16.7. The van der Waals surface area contributed by atoms with Crippen LogP contribution in [0.25, 0.3) is 0 Å². The summed E-state index contributed by atoms with van der Waals surface area (Å²) in [6.07, 6.45) is 0. The third-order valence-corrected chi connectivity index (χ3v) is 4.13. The van der Waals surface area contributed by atoms with Crippen LogP contribution in [0.5, 0.6) is 5.75 Å². The quantitative estimate of drug-likeness (QED) is 0.621. The molecule has 0 aliphatic rings. The van der Waals surface area contributed by atoms with Crippen LogP contribution in [-0.4, -0.2) is 49.0 Å².